The SMILES string of the molecule is CNSC1CC=CC1. The fraction of sp³-hybridized carbons (Fsp3) is 0.667. The van der Waals surface area contributed by atoms with Crippen molar-refractivity contribution in [2.24, 2.45) is 0 Å². The van der Waals surface area contributed by atoms with Crippen molar-refractivity contribution >= 4 is 11.9 Å². The van der Waals surface area contributed by atoms with E-state index < -0.39 is 0 Å². The van der Waals surface area contributed by atoms with Crippen LogP contribution in [0, 0.1) is 0 Å². The summed E-state index contributed by atoms with van der Waals surface area (Å²) in [5.41, 5.74) is 0. The first-order valence-electron chi connectivity index (χ1n) is 2.91. The third-order valence-electron chi connectivity index (χ3n) is 1.25. The van der Waals surface area contributed by atoms with Crippen LogP contribution in [0.3, 0.4) is 0 Å². The molecule has 0 saturated heterocycles. The molecular weight excluding hydrogens is 118 g/mol. The van der Waals surface area contributed by atoms with Gasteiger partial charge in [0.05, 0.1) is 0 Å². The third kappa shape index (κ3) is 1.53. The Morgan fingerprint density at radius 1 is 1.50 bits per heavy atom. The Morgan fingerprint density at radius 2 is 2.12 bits per heavy atom. The zero-order chi connectivity index (χ0) is 5.82. The Bertz CT molecular complexity index is 82.5. The van der Waals surface area contributed by atoms with Crippen LogP contribution in [0.2, 0.25) is 0 Å². The molecule has 1 aliphatic rings. The summed E-state index contributed by atoms with van der Waals surface area (Å²) >= 11 is 1.83. The van der Waals surface area contributed by atoms with E-state index in [0.29, 0.717) is 0 Å². The lowest BCUT2D eigenvalue weighted by Crippen LogP contribution is -2.03. The molecule has 46 valence electrons. The van der Waals surface area contributed by atoms with Gasteiger partial charge >= 0.3 is 0 Å². The van der Waals surface area contributed by atoms with Crippen LogP contribution in [0.4, 0.5) is 0 Å². The molecule has 0 aromatic carbocycles. The topological polar surface area (TPSA) is 12.0 Å². The highest BCUT2D eigenvalue weighted by Gasteiger charge is 2.07. The minimum absolute atomic E-state index is 0.806. The van der Waals surface area contributed by atoms with Gasteiger partial charge in [-0.3, -0.25) is 4.72 Å². The van der Waals surface area contributed by atoms with Gasteiger partial charge in [-0.05, 0) is 19.9 Å². The monoisotopic (exact) mass is 129 g/mol. The average Bonchev–Trinajstić information content (AvgIpc) is 2.19. The average molecular weight is 129 g/mol. The largest absolute Gasteiger partial charge is 0.267 e. The molecular formula is C6H11NS. The van der Waals surface area contributed by atoms with E-state index >= 15 is 0 Å². The summed E-state index contributed by atoms with van der Waals surface area (Å²) in [5, 5.41) is 0.806. The van der Waals surface area contributed by atoms with E-state index in [9.17, 15) is 0 Å². The standard InChI is InChI=1S/C6H11NS/c1-7-8-6-4-2-3-5-6/h2-3,6-7H,4-5H2,1H3. The van der Waals surface area contributed by atoms with Gasteiger partial charge in [0.15, 0.2) is 0 Å². The van der Waals surface area contributed by atoms with Crippen LogP contribution < -0.4 is 4.72 Å². The van der Waals surface area contributed by atoms with Gasteiger partial charge in [0.1, 0.15) is 0 Å². The molecule has 1 nitrogen and oxygen atoms in total. The molecule has 1 rings (SSSR count). The Morgan fingerprint density at radius 3 is 2.62 bits per heavy atom. The van der Waals surface area contributed by atoms with Gasteiger partial charge in [0.25, 0.3) is 0 Å². The summed E-state index contributed by atoms with van der Waals surface area (Å²) in [6.07, 6.45) is 6.97. The van der Waals surface area contributed by atoms with E-state index in [1.165, 1.54) is 12.8 Å². The third-order valence-corrected chi connectivity index (χ3v) is 2.20. The Balaban J connectivity index is 2.10. The molecule has 0 bridgehead atoms. The molecule has 1 N–H and O–H groups in total. The summed E-state index contributed by atoms with van der Waals surface area (Å²) in [7, 11) is 1.98. The van der Waals surface area contributed by atoms with Crippen LogP contribution in [-0.4, -0.2) is 12.3 Å². The normalized spacial score (nSPS) is 20.1. The molecule has 0 heterocycles. The Labute approximate surface area is 54.7 Å². The zero-order valence-electron chi connectivity index (χ0n) is 5.05. The summed E-state index contributed by atoms with van der Waals surface area (Å²) < 4.78 is 3.09. The molecule has 0 aromatic rings. The summed E-state index contributed by atoms with van der Waals surface area (Å²) in [6.45, 7) is 0. The Hall–Kier alpha value is 0.0500. The highest BCUT2D eigenvalue weighted by atomic mass is 32.2. The fourth-order valence-corrected chi connectivity index (χ4v) is 1.60. The zero-order valence-corrected chi connectivity index (χ0v) is 5.87. The predicted molar refractivity (Wildman–Crippen MR) is 38.8 cm³/mol. The minimum atomic E-state index is 0.806. The maximum Gasteiger partial charge on any atom is 0.0261 e. The first-order valence-corrected chi connectivity index (χ1v) is 3.79. The lowest BCUT2D eigenvalue weighted by molar-refractivity contribution is 0.944. The maximum atomic E-state index is 3.09. The van der Waals surface area contributed by atoms with Gasteiger partial charge in [0.2, 0.25) is 0 Å². The molecule has 0 fully saturated rings. The summed E-state index contributed by atoms with van der Waals surface area (Å²) in [6, 6.07) is 0. The van der Waals surface area contributed by atoms with Crippen LogP contribution in [-0.2, 0) is 0 Å². The molecule has 0 spiro atoms. The summed E-state index contributed by atoms with van der Waals surface area (Å²) in [4.78, 5) is 0. The van der Waals surface area contributed by atoms with Gasteiger partial charge < -0.3 is 0 Å². The molecule has 8 heavy (non-hydrogen) atoms. The first-order chi connectivity index (χ1) is 3.93. The molecule has 0 atom stereocenters. The second-order valence-corrected chi connectivity index (χ2v) is 3.20. The van der Waals surface area contributed by atoms with E-state index in [-0.39, 0.29) is 0 Å². The highest BCUT2D eigenvalue weighted by Crippen LogP contribution is 2.20. The van der Waals surface area contributed by atoms with Crippen molar-refractivity contribution in [3.8, 4) is 0 Å². The molecule has 0 aliphatic heterocycles. The molecule has 0 amide bonds. The predicted octanol–water partition coefficient (Wildman–Crippen LogP) is 1.57. The van der Waals surface area contributed by atoms with Gasteiger partial charge in [-0.15, -0.1) is 0 Å². The number of nitrogens with one attached hydrogen (secondary N) is 1. The highest BCUT2D eigenvalue weighted by molar-refractivity contribution is 7.98. The van der Waals surface area contributed by atoms with Gasteiger partial charge in [-0.2, -0.15) is 0 Å². The maximum absolute atomic E-state index is 3.09. The van der Waals surface area contributed by atoms with Crippen LogP contribution in [0.1, 0.15) is 12.8 Å². The van der Waals surface area contributed by atoms with Crippen molar-refractivity contribution in [3.63, 3.8) is 0 Å². The number of hydrogen-bond donors (Lipinski definition) is 1. The van der Waals surface area contributed by atoms with Crippen LogP contribution >= 0.6 is 11.9 Å². The van der Waals surface area contributed by atoms with E-state index in [0.717, 1.165) is 5.25 Å². The number of allylic oxidation sites excluding steroid dienone is 2. The quantitative estimate of drug-likeness (QED) is 0.448. The molecule has 0 aromatic heterocycles. The van der Waals surface area contributed by atoms with E-state index in [1.54, 1.807) is 0 Å². The van der Waals surface area contributed by atoms with Crippen molar-refractivity contribution in [2.75, 3.05) is 7.05 Å². The van der Waals surface area contributed by atoms with Gasteiger partial charge in [0, 0.05) is 5.25 Å². The smallest absolute Gasteiger partial charge is 0.0261 e. The van der Waals surface area contributed by atoms with E-state index in [4.69, 9.17) is 0 Å². The second-order valence-electron chi connectivity index (χ2n) is 1.89. The first kappa shape index (κ1) is 6.17. The molecule has 1 aliphatic carbocycles. The number of hydrogen-bond acceptors (Lipinski definition) is 2. The van der Waals surface area contributed by atoms with Crippen molar-refractivity contribution < 1.29 is 0 Å². The number of rotatable bonds is 2. The van der Waals surface area contributed by atoms with E-state index in [2.05, 4.69) is 16.9 Å². The van der Waals surface area contributed by atoms with Crippen LogP contribution in [0.5, 0.6) is 0 Å². The van der Waals surface area contributed by atoms with Crippen LogP contribution in [0.15, 0.2) is 12.2 Å². The van der Waals surface area contributed by atoms with Crippen molar-refractivity contribution in [3.05, 3.63) is 12.2 Å². The van der Waals surface area contributed by atoms with Gasteiger partial charge in [-0.1, -0.05) is 24.1 Å². The van der Waals surface area contributed by atoms with Crippen molar-refractivity contribution in [1.82, 2.24) is 4.72 Å². The lowest BCUT2D eigenvalue weighted by atomic mass is 10.4. The van der Waals surface area contributed by atoms with Crippen LogP contribution in [0.25, 0.3) is 0 Å². The van der Waals surface area contributed by atoms with E-state index in [1.807, 2.05) is 19.0 Å². The Kier molecular flexibility index (Phi) is 2.43. The molecule has 0 saturated carbocycles. The second kappa shape index (κ2) is 3.15. The van der Waals surface area contributed by atoms with Gasteiger partial charge in [-0.25, -0.2) is 0 Å². The molecule has 2 heteroatoms. The molecule has 0 radical (unpaired) electrons. The minimum Gasteiger partial charge on any atom is -0.267 e. The molecule has 0 unspecified atom stereocenters. The van der Waals surface area contributed by atoms with Crippen molar-refractivity contribution in [1.29, 1.82) is 0 Å². The van der Waals surface area contributed by atoms with Crippen molar-refractivity contribution in [2.45, 2.75) is 18.1 Å². The fourth-order valence-electron chi connectivity index (χ4n) is 0.855. The lowest BCUT2D eigenvalue weighted by Gasteiger charge is -2.04. The summed E-state index contributed by atoms with van der Waals surface area (Å²) in [5.74, 6) is 0.